The first-order valence-electron chi connectivity index (χ1n) is 5.35. The summed E-state index contributed by atoms with van der Waals surface area (Å²) in [6.45, 7) is 0. The van der Waals surface area contributed by atoms with Crippen molar-refractivity contribution in [3.8, 4) is 5.75 Å². The van der Waals surface area contributed by atoms with Gasteiger partial charge in [-0.05, 0) is 28.1 Å². The minimum absolute atomic E-state index is 0.0720. The van der Waals surface area contributed by atoms with E-state index in [2.05, 4.69) is 26.2 Å². The second-order valence-electron chi connectivity index (χ2n) is 3.69. The minimum atomic E-state index is -0.889. The number of ether oxygens (including phenoxy) is 1. The van der Waals surface area contributed by atoms with Crippen LogP contribution in [0.2, 0.25) is 0 Å². The van der Waals surface area contributed by atoms with Gasteiger partial charge < -0.3 is 15.2 Å². The van der Waals surface area contributed by atoms with E-state index in [1.165, 1.54) is 11.3 Å². The third kappa shape index (κ3) is 3.68. The molecule has 2 aromatic rings. The molecule has 1 aromatic carbocycles. The fourth-order valence-corrected chi connectivity index (χ4v) is 2.51. The van der Waals surface area contributed by atoms with Gasteiger partial charge in [-0.3, -0.25) is 4.79 Å². The Morgan fingerprint density at radius 1 is 1.58 bits per heavy atom. The molecule has 100 valence electrons. The predicted octanol–water partition coefficient (Wildman–Crippen LogP) is 3.28. The standard InChI is InChI=1S/C12H11BrN2O3S/c1-18-8-2-3-9(13)10(5-8)15-12-14-7(6-19-12)4-11(16)17/h2-3,5-6H,4H2,1H3,(H,14,15)(H,16,17). The van der Waals surface area contributed by atoms with Crippen LogP contribution in [-0.4, -0.2) is 23.2 Å². The van der Waals surface area contributed by atoms with Crippen LogP contribution in [0.3, 0.4) is 0 Å². The Morgan fingerprint density at radius 3 is 3.05 bits per heavy atom. The highest BCUT2D eigenvalue weighted by molar-refractivity contribution is 9.10. The average Bonchev–Trinajstić information content (AvgIpc) is 2.78. The Morgan fingerprint density at radius 2 is 2.37 bits per heavy atom. The number of carbonyl (C=O) groups is 1. The van der Waals surface area contributed by atoms with Gasteiger partial charge in [0, 0.05) is 15.9 Å². The number of halogens is 1. The van der Waals surface area contributed by atoms with Crippen LogP contribution >= 0.6 is 27.3 Å². The molecule has 0 spiro atoms. The Balaban J connectivity index is 2.16. The fraction of sp³-hybridized carbons (Fsp3) is 0.167. The number of methoxy groups -OCH3 is 1. The monoisotopic (exact) mass is 342 g/mol. The smallest absolute Gasteiger partial charge is 0.309 e. The van der Waals surface area contributed by atoms with Crippen molar-refractivity contribution in [2.75, 3.05) is 12.4 Å². The van der Waals surface area contributed by atoms with E-state index in [1.807, 2.05) is 18.2 Å². The summed E-state index contributed by atoms with van der Waals surface area (Å²) in [5.74, 6) is -0.160. The van der Waals surface area contributed by atoms with Gasteiger partial charge in [-0.15, -0.1) is 11.3 Å². The molecule has 0 atom stereocenters. The van der Waals surface area contributed by atoms with Crippen LogP contribution in [0.4, 0.5) is 10.8 Å². The first-order chi connectivity index (χ1) is 9.08. The van der Waals surface area contributed by atoms with E-state index >= 15 is 0 Å². The zero-order valence-electron chi connectivity index (χ0n) is 10.0. The van der Waals surface area contributed by atoms with Gasteiger partial charge in [0.05, 0.1) is 24.9 Å². The van der Waals surface area contributed by atoms with Crippen molar-refractivity contribution >= 4 is 44.1 Å². The molecule has 0 aliphatic rings. The van der Waals surface area contributed by atoms with E-state index < -0.39 is 5.97 Å². The number of carboxylic acid groups (broad SMARTS) is 1. The molecule has 1 heterocycles. The maximum atomic E-state index is 10.6. The molecule has 0 saturated heterocycles. The van der Waals surface area contributed by atoms with Crippen molar-refractivity contribution in [1.82, 2.24) is 4.98 Å². The summed E-state index contributed by atoms with van der Waals surface area (Å²) in [7, 11) is 1.60. The van der Waals surface area contributed by atoms with Crippen molar-refractivity contribution in [2.45, 2.75) is 6.42 Å². The molecular formula is C12H11BrN2O3S. The lowest BCUT2D eigenvalue weighted by molar-refractivity contribution is -0.136. The first kappa shape index (κ1) is 13.8. The van der Waals surface area contributed by atoms with Crippen LogP contribution in [0.15, 0.2) is 28.1 Å². The Bertz CT molecular complexity index is 600. The summed E-state index contributed by atoms with van der Waals surface area (Å²) in [5, 5.41) is 14.2. The molecule has 0 saturated carbocycles. The van der Waals surface area contributed by atoms with Gasteiger partial charge in [0.2, 0.25) is 0 Å². The molecule has 5 nitrogen and oxygen atoms in total. The molecule has 0 bridgehead atoms. The van der Waals surface area contributed by atoms with Gasteiger partial charge in [0.1, 0.15) is 5.75 Å². The number of anilines is 2. The molecule has 0 aliphatic carbocycles. The third-order valence-corrected chi connectivity index (χ3v) is 3.80. The Labute approximate surface area is 122 Å². The van der Waals surface area contributed by atoms with Crippen LogP contribution in [0.1, 0.15) is 5.69 Å². The normalized spacial score (nSPS) is 10.2. The molecule has 1 aromatic heterocycles. The number of aromatic nitrogens is 1. The van der Waals surface area contributed by atoms with E-state index in [0.717, 1.165) is 15.9 Å². The van der Waals surface area contributed by atoms with Gasteiger partial charge in [0.25, 0.3) is 0 Å². The number of rotatable bonds is 5. The van der Waals surface area contributed by atoms with Gasteiger partial charge in [-0.25, -0.2) is 4.98 Å². The molecule has 2 N–H and O–H groups in total. The molecule has 2 rings (SSSR count). The van der Waals surface area contributed by atoms with Gasteiger partial charge >= 0.3 is 5.97 Å². The topological polar surface area (TPSA) is 71.5 Å². The summed E-state index contributed by atoms with van der Waals surface area (Å²) >= 11 is 4.79. The molecule has 0 fully saturated rings. The quantitative estimate of drug-likeness (QED) is 0.872. The highest BCUT2D eigenvalue weighted by Gasteiger charge is 2.08. The molecule has 0 aliphatic heterocycles. The molecule has 0 unspecified atom stereocenters. The number of hydrogen-bond donors (Lipinski definition) is 2. The lowest BCUT2D eigenvalue weighted by Gasteiger charge is -2.07. The SMILES string of the molecule is COc1ccc(Br)c(Nc2nc(CC(=O)O)cs2)c1. The van der Waals surface area contributed by atoms with Crippen LogP contribution < -0.4 is 10.1 Å². The number of benzene rings is 1. The molecular weight excluding hydrogens is 332 g/mol. The second-order valence-corrected chi connectivity index (χ2v) is 5.40. The Hall–Kier alpha value is -1.60. The molecule has 7 heteroatoms. The number of thiazole rings is 1. The fourth-order valence-electron chi connectivity index (χ4n) is 1.44. The van der Waals surface area contributed by atoms with Gasteiger partial charge in [-0.1, -0.05) is 0 Å². The van der Waals surface area contributed by atoms with Crippen molar-refractivity contribution in [1.29, 1.82) is 0 Å². The van der Waals surface area contributed by atoms with E-state index in [0.29, 0.717) is 10.8 Å². The van der Waals surface area contributed by atoms with Crippen molar-refractivity contribution in [3.05, 3.63) is 33.7 Å². The second kappa shape index (κ2) is 6.03. The maximum Gasteiger partial charge on any atom is 0.309 e. The van der Waals surface area contributed by atoms with E-state index in [4.69, 9.17) is 9.84 Å². The largest absolute Gasteiger partial charge is 0.497 e. The molecule has 0 radical (unpaired) electrons. The summed E-state index contributed by atoms with van der Waals surface area (Å²) in [6, 6.07) is 5.54. The Kier molecular flexibility index (Phi) is 4.39. The van der Waals surface area contributed by atoms with Crippen molar-refractivity contribution in [3.63, 3.8) is 0 Å². The predicted molar refractivity (Wildman–Crippen MR) is 77.4 cm³/mol. The van der Waals surface area contributed by atoms with Crippen LogP contribution in [0, 0.1) is 0 Å². The third-order valence-electron chi connectivity index (χ3n) is 2.30. The lowest BCUT2D eigenvalue weighted by Crippen LogP contribution is -2.00. The zero-order chi connectivity index (χ0) is 13.8. The first-order valence-corrected chi connectivity index (χ1v) is 7.02. The lowest BCUT2D eigenvalue weighted by atomic mass is 10.3. The van der Waals surface area contributed by atoms with Gasteiger partial charge in [-0.2, -0.15) is 0 Å². The van der Waals surface area contributed by atoms with Crippen LogP contribution in [-0.2, 0) is 11.2 Å². The highest BCUT2D eigenvalue weighted by Crippen LogP contribution is 2.30. The molecule has 19 heavy (non-hydrogen) atoms. The summed E-state index contributed by atoms with van der Waals surface area (Å²) < 4.78 is 6.03. The van der Waals surface area contributed by atoms with Crippen molar-refractivity contribution in [2.24, 2.45) is 0 Å². The zero-order valence-corrected chi connectivity index (χ0v) is 12.4. The van der Waals surface area contributed by atoms with E-state index in [1.54, 1.807) is 12.5 Å². The van der Waals surface area contributed by atoms with E-state index in [-0.39, 0.29) is 6.42 Å². The average molecular weight is 343 g/mol. The summed E-state index contributed by atoms with van der Waals surface area (Å²) in [6.07, 6.45) is -0.0720. The van der Waals surface area contributed by atoms with E-state index in [9.17, 15) is 4.79 Å². The van der Waals surface area contributed by atoms with Crippen LogP contribution in [0.5, 0.6) is 5.75 Å². The minimum Gasteiger partial charge on any atom is -0.497 e. The summed E-state index contributed by atoms with van der Waals surface area (Å²) in [5.41, 5.74) is 1.36. The number of aliphatic carboxylic acids is 1. The van der Waals surface area contributed by atoms with Crippen molar-refractivity contribution < 1.29 is 14.6 Å². The maximum absolute atomic E-state index is 10.6. The number of hydrogen-bond acceptors (Lipinski definition) is 5. The summed E-state index contributed by atoms with van der Waals surface area (Å²) in [4.78, 5) is 14.8. The number of carboxylic acids is 1. The molecule has 0 amide bonds. The number of nitrogens with zero attached hydrogens (tertiary/aromatic N) is 1. The van der Waals surface area contributed by atoms with Gasteiger partial charge in [0.15, 0.2) is 5.13 Å². The highest BCUT2D eigenvalue weighted by atomic mass is 79.9. The number of nitrogens with one attached hydrogen (secondary N) is 1. The van der Waals surface area contributed by atoms with Crippen LogP contribution in [0.25, 0.3) is 0 Å².